The number of esters is 1. The van der Waals surface area contributed by atoms with Crippen molar-refractivity contribution in [1.82, 2.24) is 5.32 Å². The topological polar surface area (TPSA) is 102 Å². The molecule has 0 aromatic heterocycles. The summed E-state index contributed by atoms with van der Waals surface area (Å²) >= 11 is 0. The van der Waals surface area contributed by atoms with Crippen molar-refractivity contribution in [1.29, 1.82) is 0 Å². The molecule has 26 heavy (non-hydrogen) atoms. The first-order chi connectivity index (χ1) is 12.4. The van der Waals surface area contributed by atoms with E-state index in [4.69, 9.17) is 0 Å². The van der Waals surface area contributed by atoms with Crippen LogP contribution in [0, 0.1) is 0 Å². The molecule has 2 aromatic carbocycles. The molecule has 2 aromatic rings. The van der Waals surface area contributed by atoms with Gasteiger partial charge in [0.1, 0.15) is 0 Å². The number of carbonyl (C=O) groups is 2. The highest BCUT2D eigenvalue weighted by molar-refractivity contribution is 7.92. The molecule has 2 rings (SSSR count). The van der Waals surface area contributed by atoms with Crippen molar-refractivity contribution < 1.29 is 22.7 Å². The largest absolute Gasteiger partial charge is 0.465 e. The highest BCUT2D eigenvalue weighted by Gasteiger charge is 2.15. The molecule has 0 atom stereocenters. The molecule has 0 bridgehead atoms. The molecule has 0 fully saturated rings. The van der Waals surface area contributed by atoms with E-state index in [1.807, 2.05) is 6.92 Å². The fraction of sp³-hybridized carbons (Fsp3) is 0.222. The number of carbonyl (C=O) groups excluding carboxylic acids is 2. The van der Waals surface area contributed by atoms with Gasteiger partial charge >= 0.3 is 5.97 Å². The van der Waals surface area contributed by atoms with Gasteiger partial charge in [-0.3, -0.25) is 9.52 Å². The Morgan fingerprint density at radius 2 is 1.54 bits per heavy atom. The summed E-state index contributed by atoms with van der Waals surface area (Å²) in [6.45, 7) is 2.50. The van der Waals surface area contributed by atoms with Crippen molar-refractivity contribution in [3.05, 3.63) is 59.7 Å². The smallest absolute Gasteiger partial charge is 0.337 e. The van der Waals surface area contributed by atoms with Gasteiger partial charge in [0, 0.05) is 17.8 Å². The maximum absolute atomic E-state index is 12.4. The number of hydrogen-bond acceptors (Lipinski definition) is 5. The van der Waals surface area contributed by atoms with Gasteiger partial charge in [-0.1, -0.05) is 6.92 Å². The number of benzene rings is 2. The molecule has 0 spiro atoms. The highest BCUT2D eigenvalue weighted by atomic mass is 32.2. The van der Waals surface area contributed by atoms with Gasteiger partial charge in [-0.25, -0.2) is 13.2 Å². The molecular formula is C18H20N2O5S. The fourth-order valence-electron chi connectivity index (χ4n) is 2.13. The lowest BCUT2D eigenvalue weighted by Crippen LogP contribution is -2.24. The molecule has 0 saturated carbocycles. The Labute approximate surface area is 152 Å². The number of ether oxygens (including phenoxy) is 1. The molecule has 0 aliphatic carbocycles. The van der Waals surface area contributed by atoms with Gasteiger partial charge in [-0.2, -0.15) is 0 Å². The van der Waals surface area contributed by atoms with E-state index in [1.165, 1.54) is 55.6 Å². The van der Waals surface area contributed by atoms with Crippen LogP contribution in [0.4, 0.5) is 5.69 Å². The minimum Gasteiger partial charge on any atom is -0.465 e. The van der Waals surface area contributed by atoms with Crippen LogP contribution in [0.3, 0.4) is 0 Å². The minimum absolute atomic E-state index is 0.0292. The molecule has 8 heteroatoms. The van der Waals surface area contributed by atoms with Crippen LogP contribution in [0.1, 0.15) is 34.1 Å². The highest BCUT2D eigenvalue weighted by Crippen LogP contribution is 2.17. The summed E-state index contributed by atoms with van der Waals surface area (Å²) in [7, 11) is -2.54. The Balaban J connectivity index is 2.12. The predicted octanol–water partition coefficient (Wildman–Crippen LogP) is 2.41. The zero-order valence-corrected chi connectivity index (χ0v) is 15.3. The number of rotatable bonds is 7. The third-order valence-corrected chi connectivity index (χ3v) is 4.92. The molecule has 0 aliphatic heterocycles. The maximum Gasteiger partial charge on any atom is 0.337 e. The average Bonchev–Trinajstić information content (AvgIpc) is 2.66. The van der Waals surface area contributed by atoms with E-state index >= 15 is 0 Å². The second-order valence-electron chi connectivity index (χ2n) is 5.45. The monoisotopic (exact) mass is 376 g/mol. The van der Waals surface area contributed by atoms with Gasteiger partial charge in [0.25, 0.3) is 15.9 Å². The molecule has 0 heterocycles. The van der Waals surface area contributed by atoms with E-state index in [9.17, 15) is 18.0 Å². The Morgan fingerprint density at radius 3 is 2.08 bits per heavy atom. The van der Waals surface area contributed by atoms with Crippen LogP contribution in [0.2, 0.25) is 0 Å². The summed E-state index contributed by atoms with van der Waals surface area (Å²) in [5.41, 5.74) is 1.01. The number of sulfonamides is 1. The predicted molar refractivity (Wildman–Crippen MR) is 97.7 cm³/mol. The van der Waals surface area contributed by atoms with Crippen molar-refractivity contribution in [3.8, 4) is 0 Å². The van der Waals surface area contributed by atoms with Crippen molar-refractivity contribution in [3.63, 3.8) is 0 Å². The summed E-state index contributed by atoms with van der Waals surface area (Å²) < 4.78 is 31.9. The zero-order valence-electron chi connectivity index (χ0n) is 14.5. The van der Waals surface area contributed by atoms with E-state index in [1.54, 1.807) is 0 Å². The molecule has 2 N–H and O–H groups in total. The number of hydrogen-bond donors (Lipinski definition) is 2. The van der Waals surface area contributed by atoms with E-state index in [2.05, 4.69) is 14.8 Å². The number of anilines is 1. The molecule has 0 radical (unpaired) electrons. The number of nitrogens with one attached hydrogen (secondary N) is 2. The lowest BCUT2D eigenvalue weighted by Gasteiger charge is -2.09. The van der Waals surface area contributed by atoms with Crippen LogP contribution >= 0.6 is 0 Å². The second-order valence-corrected chi connectivity index (χ2v) is 7.14. The van der Waals surface area contributed by atoms with Gasteiger partial charge in [0.05, 0.1) is 17.6 Å². The third-order valence-electron chi connectivity index (χ3n) is 3.52. The van der Waals surface area contributed by atoms with Crippen molar-refractivity contribution in [2.45, 2.75) is 18.2 Å². The molecule has 0 unspecified atom stereocenters. The minimum atomic E-state index is -3.81. The molecule has 0 saturated heterocycles. The van der Waals surface area contributed by atoms with Crippen LogP contribution in [0.15, 0.2) is 53.4 Å². The molecule has 138 valence electrons. The van der Waals surface area contributed by atoms with Gasteiger partial charge in [0.2, 0.25) is 0 Å². The average molecular weight is 376 g/mol. The molecule has 1 amide bonds. The van der Waals surface area contributed by atoms with E-state index in [0.717, 1.165) is 6.42 Å². The third kappa shape index (κ3) is 4.82. The van der Waals surface area contributed by atoms with Crippen LogP contribution in [-0.2, 0) is 14.8 Å². The first kappa shape index (κ1) is 19.5. The summed E-state index contributed by atoms with van der Waals surface area (Å²) in [4.78, 5) is 23.3. The van der Waals surface area contributed by atoms with Crippen LogP contribution < -0.4 is 10.0 Å². The quantitative estimate of drug-likeness (QED) is 0.723. The first-order valence-corrected chi connectivity index (χ1v) is 9.45. The van der Waals surface area contributed by atoms with Crippen LogP contribution in [0.25, 0.3) is 0 Å². The Kier molecular flexibility index (Phi) is 6.35. The molecular weight excluding hydrogens is 356 g/mol. The van der Waals surface area contributed by atoms with Crippen LogP contribution in [-0.4, -0.2) is 33.9 Å². The van der Waals surface area contributed by atoms with Gasteiger partial charge in [0.15, 0.2) is 0 Å². The standard InChI is InChI=1S/C18H20N2O5S/c1-3-12-19-17(21)13-6-10-16(11-7-13)26(23,24)20-15-8-4-14(5-9-15)18(22)25-2/h4-11,20H,3,12H2,1-2H3,(H,19,21). The van der Waals surface area contributed by atoms with E-state index in [-0.39, 0.29) is 10.8 Å². The molecule has 7 nitrogen and oxygen atoms in total. The first-order valence-electron chi connectivity index (χ1n) is 7.97. The van der Waals surface area contributed by atoms with Crippen molar-refractivity contribution >= 4 is 27.6 Å². The van der Waals surface area contributed by atoms with E-state index < -0.39 is 16.0 Å². The Morgan fingerprint density at radius 1 is 0.962 bits per heavy atom. The normalized spacial score (nSPS) is 10.8. The van der Waals surface area contributed by atoms with Crippen molar-refractivity contribution in [2.75, 3.05) is 18.4 Å². The lowest BCUT2D eigenvalue weighted by molar-refractivity contribution is 0.0600. The Bertz CT molecular complexity index is 875. The summed E-state index contributed by atoms with van der Waals surface area (Å²) in [5, 5.41) is 2.72. The van der Waals surface area contributed by atoms with Crippen molar-refractivity contribution in [2.24, 2.45) is 0 Å². The SMILES string of the molecule is CCCNC(=O)c1ccc(S(=O)(=O)Nc2ccc(C(=O)OC)cc2)cc1. The number of amides is 1. The van der Waals surface area contributed by atoms with E-state index in [0.29, 0.717) is 23.4 Å². The van der Waals surface area contributed by atoms with Gasteiger partial charge < -0.3 is 10.1 Å². The van der Waals surface area contributed by atoms with Crippen LogP contribution in [0.5, 0.6) is 0 Å². The zero-order chi connectivity index (χ0) is 19.2. The Hall–Kier alpha value is -2.87. The second kappa shape index (κ2) is 8.48. The van der Waals surface area contributed by atoms with Gasteiger partial charge in [-0.15, -0.1) is 0 Å². The summed E-state index contributed by atoms with van der Waals surface area (Å²) in [6, 6.07) is 11.5. The summed E-state index contributed by atoms with van der Waals surface area (Å²) in [6.07, 6.45) is 0.816. The molecule has 0 aliphatic rings. The maximum atomic E-state index is 12.4. The lowest BCUT2D eigenvalue weighted by atomic mass is 10.2. The van der Waals surface area contributed by atoms with Gasteiger partial charge in [-0.05, 0) is 55.0 Å². The number of methoxy groups -OCH3 is 1. The fourth-order valence-corrected chi connectivity index (χ4v) is 3.19. The summed E-state index contributed by atoms with van der Waals surface area (Å²) in [5.74, 6) is -0.751.